The van der Waals surface area contributed by atoms with Gasteiger partial charge in [-0.05, 0) is 26.1 Å². The summed E-state index contributed by atoms with van der Waals surface area (Å²) in [7, 11) is -1.83. The van der Waals surface area contributed by atoms with Crippen LogP contribution in [0.15, 0.2) is 0 Å². The van der Waals surface area contributed by atoms with Crippen LogP contribution in [0.2, 0.25) is 19.6 Å². The fraction of sp³-hybridized carbons (Fsp3) is 1.00. The lowest BCUT2D eigenvalue weighted by molar-refractivity contribution is -0.202. The first-order valence-electron chi connectivity index (χ1n) is 5.00. The van der Waals surface area contributed by atoms with E-state index in [0.29, 0.717) is 6.61 Å². The topological polar surface area (TPSA) is 46.2 Å². The van der Waals surface area contributed by atoms with Gasteiger partial charge in [-0.3, -0.25) is 4.58 Å². The van der Waals surface area contributed by atoms with Crippen LogP contribution in [0.4, 0.5) is 0 Å². The standard InChI is InChI=1S/C8H22O5Si2/c1-7-8-11-15(9-2,10-3)13-12-14(4,5)6/h7-8H2,1-6H3. The van der Waals surface area contributed by atoms with Crippen LogP contribution in [0.5, 0.6) is 0 Å². The number of rotatable bonds is 8. The van der Waals surface area contributed by atoms with E-state index in [2.05, 4.69) is 0 Å². The van der Waals surface area contributed by atoms with E-state index >= 15 is 0 Å². The second-order valence-corrected chi connectivity index (χ2v) is 10.7. The van der Waals surface area contributed by atoms with Crippen molar-refractivity contribution >= 4 is 17.4 Å². The van der Waals surface area contributed by atoms with Crippen molar-refractivity contribution in [2.75, 3.05) is 20.8 Å². The molecule has 0 radical (unpaired) electrons. The molecule has 0 N–H and O–H groups in total. The van der Waals surface area contributed by atoms with E-state index < -0.39 is 17.4 Å². The Labute approximate surface area is 94.2 Å². The first kappa shape index (κ1) is 15.2. The van der Waals surface area contributed by atoms with Crippen molar-refractivity contribution < 1.29 is 22.4 Å². The maximum absolute atomic E-state index is 5.44. The predicted octanol–water partition coefficient (Wildman–Crippen LogP) is 1.92. The monoisotopic (exact) mass is 254 g/mol. The van der Waals surface area contributed by atoms with Crippen LogP contribution in [0.1, 0.15) is 13.3 Å². The van der Waals surface area contributed by atoms with Gasteiger partial charge in [0.2, 0.25) is 8.32 Å². The Morgan fingerprint density at radius 3 is 1.80 bits per heavy atom. The highest BCUT2D eigenvalue weighted by Gasteiger charge is 2.46. The molecule has 0 heterocycles. The molecule has 0 aromatic heterocycles. The molecule has 0 amide bonds. The van der Waals surface area contributed by atoms with Gasteiger partial charge in [-0.1, -0.05) is 6.92 Å². The maximum atomic E-state index is 5.44. The third kappa shape index (κ3) is 6.41. The Kier molecular flexibility index (Phi) is 6.84. The van der Waals surface area contributed by atoms with Crippen LogP contribution in [-0.4, -0.2) is 38.2 Å². The summed E-state index contributed by atoms with van der Waals surface area (Å²) < 4.78 is 26.3. The lowest BCUT2D eigenvalue weighted by Gasteiger charge is -2.26. The molecular formula is C8H22O5Si2. The van der Waals surface area contributed by atoms with Crippen molar-refractivity contribution in [2.24, 2.45) is 0 Å². The highest BCUT2D eigenvalue weighted by atomic mass is 28.4. The van der Waals surface area contributed by atoms with Crippen molar-refractivity contribution in [3.8, 4) is 0 Å². The largest absolute Gasteiger partial charge is 0.706 e. The molecule has 0 aliphatic carbocycles. The van der Waals surface area contributed by atoms with Crippen molar-refractivity contribution in [1.29, 1.82) is 0 Å². The van der Waals surface area contributed by atoms with E-state index in [0.717, 1.165) is 6.42 Å². The first-order chi connectivity index (χ1) is 6.89. The predicted molar refractivity (Wildman–Crippen MR) is 61.5 cm³/mol. The molecule has 0 spiro atoms. The molecule has 0 aliphatic rings. The minimum Gasteiger partial charge on any atom is -0.353 e. The zero-order valence-corrected chi connectivity index (χ0v) is 12.5. The van der Waals surface area contributed by atoms with Crippen molar-refractivity contribution in [1.82, 2.24) is 0 Å². The van der Waals surface area contributed by atoms with Gasteiger partial charge < -0.3 is 13.3 Å². The fourth-order valence-corrected chi connectivity index (χ4v) is 3.15. The molecule has 0 saturated carbocycles. The molecular weight excluding hydrogens is 232 g/mol. The van der Waals surface area contributed by atoms with E-state index in [1.807, 2.05) is 26.6 Å². The first-order valence-corrected chi connectivity index (χ1v) is 10.0. The van der Waals surface area contributed by atoms with Gasteiger partial charge in [-0.25, -0.2) is 4.58 Å². The Morgan fingerprint density at radius 2 is 1.47 bits per heavy atom. The zero-order valence-electron chi connectivity index (χ0n) is 10.5. The molecule has 92 valence electrons. The summed E-state index contributed by atoms with van der Waals surface area (Å²) in [5, 5.41) is 0. The van der Waals surface area contributed by atoms with Crippen LogP contribution >= 0.6 is 0 Å². The quantitative estimate of drug-likeness (QED) is 0.376. The lowest BCUT2D eigenvalue weighted by Crippen LogP contribution is -2.49. The summed E-state index contributed by atoms with van der Waals surface area (Å²) in [4.78, 5) is 0. The van der Waals surface area contributed by atoms with E-state index in [1.165, 1.54) is 14.2 Å². The third-order valence-electron chi connectivity index (χ3n) is 1.38. The second kappa shape index (κ2) is 6.74. The maximum Gasteiger partial charge on any atom is 0.706 e. The molecule has 0 fully saturated rings. The molecule has 0 bridgehead atoms. The molecule has 0 atom stereocenters. The van der Waals surface area contributed by atoms with Gasteiger partial charge in [0.1, 0.15) is 0 Å². The Hall–Kier alpha value is 0.234. The number of hydrogen-bond acceptors (Lipinski definition) is 5. The summed E-state index contributed by atoms with van der Waals surface area (Å²) in [5.41, 5.74) is 0. The number of hydrogen-bond donors (Lipinski definition) is 0. The molecule has 15 heavy (non-hydrogen) atoms. The summed E-state index contributed by atoms with van der Waals surface area (Å²) in [6, 6.07) is 0. The van der Waals surface area contributed by atoms with E-state index in [4.69, 9.17) is 22.4 Å². The van der Waals surface area contributed by atoms with Crippen LogP contribution in [0.25, 0.3) is 0 Å². The SMILES string of the molecule is CCCO[Si](OC)(OC)OO[Si](C)(C)C. The van der Waals surface area contributed by atoms with Crippen LogP contribution in [-0.2, 0) is 22.4 Å². The molecule has 0 aromatic carbocycles. The summed E-state index contributed by atoms with van der Waals surface area (Å²) in [6.07, 6.45) is 0.873. The van der Waals surface area contributed by atoms with Gasteiger partial charge in [-0.2, -0.15) is 0 Å². The highest BCUT2D eigenvalue weighted by molar-refractivity contribution is 6.70. The van der Waals surface area contributed by atoms with Crippen molar-refractivity contribution in [2.45, 2.75) is 33.0 Å². The van der Waals surface area contributed by atoms with Crippen LogP contribution in [0.3, 0.4) is 0 Å². The van der Waals surface area contributed by atoms with E-state index in [1.54, 1.807) is 0 Å². The van der Waals surface area contributed by atoms with Gasteiger partial charge in [-0.15, -0.1) is 0 Å². The minimum atomic E-state index is -3.06. The van der Waals surface area contributed by atoms with Crippen LogP contribution < -0.4 is 0 Å². The molecule has 7 heteroatoms. The van der Waals surface area contributed by atoms with Gasteiger partial charge in [0, 0.05) is 20.8 Å². The molecule has 0 saturated heterocycles. The van der Waals surface area contributed by atoms with Gasteiger partial charge in [0.05, 0.1) is 0 Å². The molecule has 0 unspecified atom stereocenters. The highest BCUT2D eigenvalue weighted by Crippen LogP contribution is 2.14. The summed E-state index contributed by atoms with van der Waals surface area (Å²) in [6.45, 7) is 8.57. The van der Waals surface area contributed by atoms with Gasteiger partial charge in [0.25, 0.3) is 0 Å². The molecule has 0 rings (SSSR count). The average molecular weight is 254 g/mol. The lowest BCUT2D eigenvalue weighted by atomic mass is 10.5. The third-order valence-corrected chi connectivity index (χ3v) is 3.97. The Bertz CT molecular complexity index is 167. The second-order valence-electron chi connectivity index (χ2n) is 4.04. The van der Waals surface area contributed by atoms with Crippen molar-refractivity contribution in [3.05, 3.63) is 0 Å². The minimum absolute atomic E-state index is 0.531. The van der Waals surface area contributed by atoms with E-state index in [-0.39, 0.29) is 0 Å². The zero-order chi connectivity index (χ0) is 11.9. The molecule has 0 aromatic rings. The summed E-state index contributed by atoms with van der Waals surface area (Å²) in [5.74, 6) is 0. The van der Waals surface area contributed by atoms with Gasteiger partial charge >= 0.3 is 9.05 Å². The van der Waals surface area contributed by atoms with Gasteiger partial charge in [0.15, 0.2) is 0 Å². The van der Waals surface area contributed by atoms with Crippen LogP contribution in [0, 0.1) is 0 Å². The normalized spacial score (nSPS) is 13.2. The smallest absolute Gasteiger partial charge is 0.353 e. The molecule has 0 aliphatic heterocycles. The fourth-order valence-electron chi connectivity index (χ4n) is 0.696. The molecule has 5 nitrogen and oxygen atoms in total. The van der Waals surface area contributed by atoms with E-state index in [9.17, 15) is 0 Å². The Balaban J connectivity index is 4.23. The van der Waals surface area contributed by atoms with Crippen molar-refractivity contribution in [3.63, 3.8) is 0 Å². The average Bonchev–Trinajstić information content (AvgIpc) is 2.18. The summed E-state index contributed by atoms with van der Waals surface area (Å²) >= 11 is 0. The Morgan fingerprint density at radius 1 is 0.933 bits per heavy atom.